The van der Waals surface area contributed by atoms with Crippen LogP contribution in [0.15, 0.2) is 12.3 Å². The lowest BCUT2D eigenvalue weighted by atomic mass is 10.1. The minimum absolute atomic E-state index is 0.102. The van der Waals surface area contributed by atoms with Crippen molar-refractivity contribution < 1.29 is 23.5 Å². The van der Waals surface area contributed by atoms with Crippen LogP contribution in [0.1, 0.15) is 20.3 Å². The molecule has 2 saturated heterocycles. The molecule has 0 amide bonds. The Morgan fingerprint density at radius 2 is 2.12 bits per heavy atom. The molecule has 4 unspecified atom stereocenters. The summed E-state index contributed by atoms with van der Waals surface area (Å²) in [6, 6.07) is 0. The van der Waals surface area contributed by atoms with Crippen molar-refractivity contribution in [1.82, 2.24) is 0 Å². The van der Waals surface area contributed by atoms with Gasteiger partial charge in [-0.3, -0.25) is 0 Å². The standard InChI is InChI=1S/C10H18O5Si/c1-6(2)16-13-5-8(14-16)4-9(12)10(15-16)7(3)11/h6,8-12H,3-5H2,1-2H3. The van der Waals surface area contributed by atoms with Crippen LogP contribution < -0.4 is 0 Å². The summed E-state index contributed by atoms with van der Waals surface area (Å²) in [6.45, 7) is 7.81. The van der Waals surface area contributed by atoms with Gasteiger partial charge in [0.05, 0.1) is 18.8 Å². The predicted octanol–water partition coefficient (Wildman–Crippen LogP) is 0.972. The zero-order chi connectivity index (χ0) is 11.9. The van der Waals surface area contributed by atoms with Crippen molar-refractivity contribution >= 4 is 8.80 Å². The number of aliphatic hydroxyl groups is 2. The maximum absolute atomic E-state index is 9.88. The summed E-state index contributed by atoms with van der Waals surface area (Å²) in [5, 5.41) is 19.3. The fraction of sp³-hybridized carbons (Fsp3) is 0.800. The van der Waals surface area contributed by atoms with Gasteiger partial charge in [-0.1, -0.05) is 20.4 Å². The Bertz CT molecular complexity index is 295. The number of aliphatic hydroxyl groups excluding tert-OH is 2. The SMILES string of the molecule is C=C(O)C1O[Si]2(C(C)C)OCC(CC1O)O2. The Morgan fingerprint density at radius 1 is 1.44 bits per heavy atom. The monoisotopic (exact) mass is 246 g/mol. The fourth-order valence-electron chi connectivity index (χ4n) is 2.06. The third-order valence-electron chi connectivity index (χ3n) is 2.98. The molecule has 92 valence electrons. The summed E-state index contributed by atoms with van der Waals surface area (Å²) >= 11 is 0. The molecule has 16 heavy (non-hydrogen) atoms. The smallest absolute Gasteiger partial charge is 0.504 e. The average Bonchev–Trinajstić information content (AvgIpc) is 2.50. The van der Waals surface area contributed by atoms with Crippen molar-refractivity contribution in [3.05, 3.63) is 12.3 Å². The second-order valence-corrected chi connectivity index (χ2v) is 7.76. The molecular weight excluding hydrogens is 228 g/mol. The summed E-state index contributed by atoms with van der Waals surface area (Å²) in [4.78, 5) is 0. The van der Waals surface area contributed by atoms with E-state index in [0.717, 1.165) is 0 Å². The van der Waals surface area contributed by atoms with E-state index in [1.54, 1.807) is 0 Å². The largest absolute Gasteiger partial charge is 0.510 e. The van der Waals surface area contributed by atoms with Gasteiger partial charge < -0.3 is 23.5 Å². The number of fused-ring (bicyclic) bond motifs is 2. The first kappa shape index (κ1) is 12.1. The van der Waals surface area contributed by atoms with Crippen LogP contribution in [0.4, 0.5) is 0 Å². The first-order chi connectivity index (χ1) is 7.44. The zero-order valence-corrected chi connectivity index (χ0v) is 10.5. The Hall–Kier alpha value is -0.403. The van der Waals surface area contributed by atoms with Crippen LogP contribution in [0.5, 0.6) is 0 Å². The summed E-state index contributed by atoms with van der Waals surface area (Å²) < 4.78 is 17.2. The van der Waals surface area contributed by atoms with E-state index >= 15 is 0 Å². The second kappa shape index (κ2) is 4.12. The fourth-order valence-corrected chi connectivity index (χ4v) is 4.83. The summed E-state index contributed by atoms with van der Waals surface area (Å²) in [6.07, 6.45) is -1.29. The summed E-state index contributed by atoms with van der Waals surface area (Å²) in [7, 11) is -2.76. The Morgan fingerprint density at radius 3 is 2.69 bits per heavy atom. The minimum Gasteiger partial charge on any atom is -0.510 e. The second-order valence-electron chi connectivity index (χ2n) is 4.64. The Kier molecular flexibility index (Phi) is 3.11. The molecule has 0 spiro atoms. The van der Waals surface area contributed by atoms with E-state index < -0.39 is 21.0 Å². The molecule has 5 nitrogen and oxygen atoms in total. The van der Waals surface area contributed by atoms with Gasteiger partial charge >= 0.3 is 8.80 Å². The normalized spacial score (nSPS) is 43.4. The van der Waals surface area contributed by atoms with Gasteiger partial charge in [0, 0.05) is 12.0 Å². The van der Waals surface area contributed by atoms with Crippen LogP contribution in [-0.4, -0.2) is 43.9 Å². The molecule has 2 aliphatic rings. The van der Waals surface area contributed by atoms with Crippen LogP contribution in [0.3, 0.4) is 0 Å². The van der Waals surface area contributed by atoms with E-state index in [1.165, 1.54) is 0 Å². The van der Waals surface area contributed by atoms with Gasteiger partial charge in [0.1, 0.15) is 11.9 Å². The quantitative estimate of drug-likeness (QED) is 0.561. The molecule has 4 atom stereocenters. The Labute approximate surface area is 96.0 Å². The van der Waals surface area contributed by atoms with E-state index in [-0.39, 0.29) is 17.4 Å². The van der Waals surface area contributed by atoms with Crippen molar-refractivity contribution in [2.24, 2.45) is 0 Å². The lowest BCUT2D eigenvalue weighted by molar-refractivity contribution is -0.00172. The van der Waals surface area contributed by atoms with E-state index in [2.05, 4.69) is 6.58 Å². The Balaban J connectivity index is 2.25. The van der Waals surface area contributed by atoms with Gasteiger partial charge in [0.15, 0.2) is 0 Å². The van der Waals surface area contributed by atoms with Crippen LogP contribution in [0.25, 0.3) is 0 Å². The molecule has 0 aromatic heterocycles. The molecule has 0 aliphatic carbocycles. The van der Waals surface area contributed by atoms with Gasteiger partial charge in [0.2, 0.25) is 0 Å². The molecule has 6 heteroatoms. The molecule has 2 bridgehead atoms. The molecule has 2 N–H and O–H groups in total. The lowest BCUT2D eigenvalue weighted by Crippen LogP contribution is -2.48. The molecule has 0 aromatic rings. The van der Waals surface area contributed by atoms with Crippen LogP contribution in [0.2, 0.25) is 5.54 Å². The van der Waals surface area contributed by atoms with Crippen molar-refractivity contribution in [1.29, 1.82) is 0 Å². The highest BCUT2D eigenvalue weighted by molar-refractivity contribution is 6.62. The molecular formula is C10H18O5Si. The van der Waals surface area contributed by atoms with Crippen molar-refractivity contribution in [3.63, 3.8) is 0 Å². The predicted molar refractivity (Wildman–Crippen MR) is 58.9 cm³/mol. The van der Waals surface area contributed by atoms with Gasteiger partial charge in [-0.15, -0.1) is 0 Å². The van der Waals surface area contributed by atoms with Crippen molar-refractivity contribution in [2.75, 3.05) is 6.61 Å². The third-order valence-corrected chi connectivity index (χ3v) is 6.21. The highest BCUT2D eigenvalue weighted by atomic mass is 28.4. The number of hydrogen-bond donors (Lipinski definition) is 2. The highest BCUT2D eigenvalue weighted by Gasteiger charge is 2.57. The highest BCUT2D eigenvalue weighted by Crippen LogP contribution is 2.38. The zero-order valence-electron chi connectivity index (χ0n) is 9.55. The van der Waals surface area contributed by atoms with Gasteiger partial charge in [-0.2, -0.15) is 0 Å². The summed E-state index contributed by atoms with van der Waals surface area (Å²) in [5.74, 6) is -0.167. The van der Waals surface area contributed by atoms with Crippen LogP contribution >= 0.6 is 0 Å². The molecule has 0 radical (unpaired) electrons. The van der Waals surface area contributed by atoms with Crippen LogP contribution in [0, 0.1) is 0 Å². The molecule has 2 rings (SSSR count). The molecule has 2 aliphatic heterocycles. The van der Waals surface area contributed by atoms with Crippen molar-refractivity contribution in [2.45, 2.75) is 44.1 Å². The molecule has 0 saturated carbocycles. The maximum Gasteiger partial charge on any atom is 0.504 e. The first-order valence-corrected chi connectivity index (χ1v) is 7.30. The maximum atomic E-state index is 9.88. The van der Waals surface area contributed by atoms with E-state index in [1.807, 2.05) is 13.8 Å². The number of rotatable bonds is 2. The van der Waals surface area contributed by atoms with Crippen molar-refractivity contribution in [3.8, 4) is 0 Å². The lowest BCUT2D eigenvalue weighted by Gasteiger charge is -2.30. The number of hydrogen-bond acceptors (Lipinski definition) is 5. The van der Waals surface area contributed by atoms with Gasteiger partial charge in [-0.05, 0) is 0 Å². The molecule has 0 aromatic carbocycles. The van der Waals surface area contributed by atoms with Crippen LogP contribution in [-0.2, 0) is 13.3 Å². The van der Waals surface area contributed by atoms with Gasteiger partial charge in [-0.25, -0.2) is 0 Å². The van der Waals surface area contributed by atoms with E-state index in [9.17, 15) is 10.2 Å². The minimum atomic E-state index is -2.76. The molecule has 2 fully saturated rings. The average molecular weight is 246 g/mol. The van der Waals surface area contributed by atoms with Gasteiger partial charge in [0.25, 0.3) is 0 Å². The third kappa shape index (κ3) is 1.91. The topological polar surface area (TPSA) is 68.2 Å². The summed E-state index contributed by atoms with van der Waals surface area (Å²) in [5.41, 5.74) is 0.102. The van der Waals surface area contributed by atoms with E-state index in [0.29, 0.717) is 13.0 Å². The molecule has 2 heterocycles. The first-order valence-electron chi connectivity index (χ1n) is 5.50. The van der Waals surface area contributed by atoms with E-state index in [4.69, 9.17) is 13.3 Å².